The zero-order valence-electron chi connectivity index (χ0n) is 24.3. The topological polar surface area (TPSA) is 96.0 Å². The molecule has 0 aliphatic heterocycles. The van der Waals surface area contributed by atoms with E-state index in [0.29, 0.717) is 22.0 Å². The first-order chi connectivity index (χ1) is 20.1. The number of rotatable bonds is 11. The average molecular weight is 612 g/mol. The van der Waals surface area contributed by atoms with Gasteiger partial charge in [0.25, 0.3) is 10.0 Å². The van der Waals surface area contributed by atoms with Crippen LogP contribution in [0.15, 0.2) is 77.7 Å². The molecule has 0 bridgehead atoms. The minimum atomic E-state index is -4.14. The number of methoxy groups -OCH3 is 1. The molecule has 0 radical (unpaired) electrons. The van der Waals surface area contributed by atoms with E-state index >= 15 is 0 Å². The van der Waals surface area contributed by atoms with Gasteiger partial charge >= 0.3 is 0 Å². The molecule has 224 valence electrons. The second-order valence-electron chi connectivity index (χ2n) is 10.6. The van der Waals surface area contributed by atoms with Crippen LogP contribution in [0.3, 0.4) is 0 Å². The van der Waals surface area contributed by atoms with Gasteiger partial charge in [0.05, 0.1) is 17.7 Å². The van der Waals surface area contributed by atoms with Crippen LogP contribution >= 0.6 is 11.6 Å². The van der Waals surface area contributed by atoms with E-state index in [4.69, 9.17) is 16.3 Å². The summed E-state index contributed by atoms with van der Waals surface area (Å²) in [7, 11) is -2.57. The van der Waals surface area contributed by atoms with Crippen molar-refractivity contribution in [3.05, 3.63) is 88.9 Å². The molecule has 1 aliphatic carbocycles. The molecular formula is C32H38ClN3O5S. The number of halogens is 1. The van der Waals surface area contributed by atoms with Crippen molar-refractivity contribution in [1.82, 2.24) is 10.2 Å². The SMILES string of the molecule is COc1ccc(CN(C(=O)CN(c2ccc(Cl)cc2C)S(=O)(=O)c2ccccc2)[C@H](C)C(=O)NC2CCCCC2)cc1. The summed E-state index contributed by atoms with van der Waals surface area (Å²) in [6, 6.07) is 19.3. The number of hydrogen-bond acceptors (Lipinski definition) is 5. The Hall–Kier alpha value is -3.56. The maximum atomic E-state index is 14.1. The van der Waals surface area contributed by atoms with Crippen LogP contribution in [-0.2, 0) is 26.2 Å². The Balaban J connectivity index is 1.69. The Bertz CT molecular complexity index is 1480. The normalized spacial score (nSPS) is 14.6. The minimum Gasteiger partial charge on any atom is -0.497 e. The van der Waals surface area contributed by atoms with Crippen LogP contribution in [0, 0.1) is 6.92 Å². The third-order valence-electron chi connectivity index (χ3n) is 7.67. The maximum Gasteiger partial charge on any atom is 0.264 e. The van der Waals surface area contributed by atoms with Crippen LogP contribution in [0.25, 0.3) is 0 Å². The first-order valence-corrected chi connectivity index (χ1v) is 16.0. The molecule has 3 aromatic carbocycles. The van der Waals surface area contributed by atoms with Crippen molar-refractivity contribution in [2.45, 2.75) is 69.5 Å². The van der Waals surface area contributed by atoms with Gasteiger partial charge in [-0.05, 0) is 80.3 Å². The van der Waals surface area contributed by atoms with Crippen molar-refractivity contribution < 1.29 is 22.7 Å². The predicted octanol–water partition coefficient (Wildman–Crippen LogP) is 5.72. The van der Waals surface area contributed by atoms with Gasteiger partial charge in [0, 0.05) is 17.6 Å². The standard InChI is InChI=1S/C32H38ClN3O5S/c1-23-20-26(33)16-19-30(23)36(42(39,40)29-12-8-5-9-13-29)22-31(37)35(21-25-14-17-28(41-3)18-15-25)24(2)32(38)34-27-10-6-4-7-11-27/h5,8-9,12-20,24,27H,4,6-7,10-11,21-22H2,1-3H3,(H,34,38)/t24-/m1/s1. The van der Waals surface area contributed by atoms with Crippen LogP contribution in [0.2, 0.25) is 5.02 Å². The Morgan fingerprint density at radius 3 is 2.29 bits per heavy atom. The number of nitrogens with zero attached hydrogens (tertiary/aromatic N) is 2. The van der Waals surface area contributed by atoms with E-state index in [9.17, 15) is 18.0 Å². The van der Waals surface area contributed by atoms with E-state index in [1.165, 1.54) is 17.0 Å². The predicted molar refractivity (Wildman–Crippen MR) is 165 cm³/mol. The summed E-state index contributed by atoms with van der Waals surface area (Å²) >= 11 is 6.18. The number of sulfonamides is 1. The fraction of sp³-hybridized carbons (Fsp3) is 0.375. The third kappa shape index (κ3) is 7.63. The third-order valence-corrected chi connectivity index (χ3v) is 9.68. The van der Waals surface area contributed by atoms with Crippen molar-refractivity contribution in [2.24, 2.45) is 0 Å². The number of nitrogens with one attached hydrogen (secondary N) is 1. The Morgan fingerprint density at radius 2 is 1.67 bits per heavy atom. The average Bonchev–Trinajstić information content (AvgIpc) is 2.99. The number of amides is 2. The highest BCUT2D eigenvalue weighted by Gasteiger charge is 2.33. The highest BCUT2D eigenvalue weighted by atomic mass is 35.5. The molecule has 10 heteroatoms. The Labute approximate surface area is 253 Å². The quantitative estimate of drug-likeness (QED) is 0.299. The molecule has 0 spiro atoms. The first kappa shape index (κ1) is 31.4. The van der Waals surface area contributed by atoms with Crippen molar-refractivity contribution in [3.8, 4) is 5.75 Å². The molecule has 1 saturated carbocycles. The molecule has 42 heavy (non-hydrogen) atoms. The van der Waals surface area contributed by atoms with Crippen molar-refractivity contribution >= 4 is 39.1 Å². The lowest BCUT2D eigenvalue weighted by Crippen LogP contribution is -2.53. The number of aryl methyl sites for hydroxylation is 1. The lowest BCUT2D eigenvalue weighted by molar-refractivity contribution is -0.139. The molecule has 2 amide bonds. The summed E-state index contributed by atoms with van der Waals surface area (Å²) < 4.78 is 34.3. The van der Waals surface area contributed by atoms with Crippen LogP contribution in [0.5, 0.6) is 5.75 Å². The van der Waals surface area contributed by atoms with E-state index in [1.54, 1.807) is 69.5 Å². The van der Waals surface area contributed by atoms with Gasteiger partial charge in [-0.15, -0.1) is 0 Å². The molecular weight excluding hydrogens is 574 g/mol. The smallest absolute Gasteiger partial charge is 0.264 e. The fourth-order valence-electron chi connectivity index (χ4n) is 5.21. The van der Waals surface area contributed by atoms with Gasteiger partial charge in [-0.1, -0.05) is 61.2 Å². The zero-order chi connectivity index (χ0) is 30.3. The molecule has 4 rings (SSSR count). The number of ether oxygens (including phenoxy) is 1. The van der Waals surface area contributed by atoms with E-state index in [2.05, 4.69) is 5.32 Å². The summed E-state index contributed by atoms with van der Waals surface area (Å²) in [6.07, 6.45) is 5.08. The number of hydrogen-bond donors (Lipinski definition) is 1. The summed E-state index contributed by atoms with van der Waals surface area (Å²) in [5.74, 6) is -0.104. The molecule has 1 atom stereocenters. The molecule has 1 fully saturated rings. The summed E-state index contributed by atoms with van der Waals surface area (Å²) in [5.41, 5.74) is 1.71. The highest BCUT2D eigenvalue weighted by Crippen LogP contribution is 2.29. The molecule has 1 aliphatic rings. The van der Waals surface area contributed by atoms with Crippen LogP contribution < -0.4 is 14.4 Å². The van der Waals surface area contributed by atoms with E-state index in [1.807, 2.05) is 12.1 Å². The van der Waals surface area contributed by atoms with E-state index < -0.39 is 28.5 Å². The van der Waals surface area contributed by atoms with Gasteiger partial charge in [-0.25, -0.2) is 8.42 Å². The summed E-state index contributed by atoms with van der Waals surface area (Å²) in [4.78, 5) is 29.1. The first-order valence-electron chi connectivity index (χ1n) is 14.2. The lowest BCUT2D eigenvalue weighted by Gasteiger charge is -2.33. The number of benzene rings is 3. The largest absolute Gasteiger partial charge is 0.497 e. The molecule has 8 nitrogen and oxygen atoms in total. The minimum absolute atomic E-state index is 0.0527. The monoisotopic (exact) mass is 611 g/mol. The second-order valence-corrected chi connectivity index (χ2v) is 12.9. The summed E-state index contributed by atoms with van der Waals surface area (Å²) in [5, 5.41) is 3.57. The van der Waals surface area contributed by atoms with Crippen LogP contribution in [-0.4, -0.2) is 50.9 Å². The molecule has 0 aromatic heterocycles. The molecule has 0 unspecified atom stereocenters. The maximum absolute atomic E-state index is 14.1. The van der Waals surface area contributed by atoms with Gasteiger partial charge in [0.2, 0.25) is 11.8 Å². The van der Waals surface area contributed by atoms with Crippen molar-refractivity contribution in [1.29, 1.82) is 0 Å². The van der Waals surface area contributed by atoms with Gasteiger partial charge in [-0.3, -0.25) is 13.9 Å². The van der Waals surface area contributed by atoms with Gasteiger partial charge in [0.1, 0.15) is 18.3 Å². The number of carbonyl (C=O) groups excluding carboxylic acids is 2. The zero-order valence-corrected chi connectivity index (χ0v) is 25.8. The van der Waals surface area contributed by atoms with E-state index in [0.717, 1.165) is 42.0 Å². The molecule has 0 heterocycles. The van der Waals surface area contributed by atoms with Crippen molar-refractivity contribution in [2.75, 3.05) is 18.0 Å². The Kier molecular flexibility index (Phi) is 10.5. The lowest BCUT2D eigenvalue weighted by atomic mass is 9.95. The highest BCUT2D eigenvalue weighted by molar-refractivity contribution is 7.92. The second kappa shape index (κ2) is 14.1. The van der Waals surface area contributed by atoms with Crippen LogP contribution in [0.4, 0.5) is 5.69 Å². The molecule has 1 N–H and O–H groups in total. The number of anilines is 1. The Morgan fingerprint density at radius 1 is 1.00 bits per heavy atom. The molecule has 0 saturated heterocycles. The fourth-order valence-corrected chi connectivity index (χ4v) is 6.94. The van der Waals surface area contributed by atoms with Gasteiger partial charge in [0.15, 0.2) is 0 Å². The summed E-state index contributed by atoms with van der Waals surface area (Å²) in [6.45, 7) is 3.04. The van der Waals surface area contributed by atoms with Gasteiger partial charge < -0.3 is 15.0 Å². The van der Waals surface area contributed by atoms with Crippen LogP contribution in [0.1, 0.15) is 50.2 Å². The van der Waals surface area contributed by atoms with Gasteiger partial charge in [-0.2, -0.15) is 0 Å². The van der Waals surface area contributed by atoms with E-state index in [-0.39, 0.29) is 23.4 Å². The molecule has 3 aromatic rings. The number of carbonyl (C=O) groups is 2. The van der Waals surface area contributed by atoms with Crippen molar-refractivity contribution in [3.63, 3.8) is 0 Å².